The van der Waals surface area contributed by atoms with E-state index in [0.717, 1.165) is 25.9 Å². The third-order valence-electron chi connectivity index (χ3n) is 1.55. The van der Waals surface area contributed by atoms with Crippen molar-refractivity contribution in [3.63, 3.8) is 0 Å². The van der Waals surface area contributed by atoms with E-state index in [9.17, 15) is 0 Å². The monoisotopic (exact) mass is 154 g/mol. The van der Waals surface area contributed by atoms with Gasteiger partial charge in [0.2, 0.25) is 0 Å². The molecule has 0 radical (unpaired) electrons. The summed E-state index contributed by atoms with van der Waals surface area (Å²) in [5.41, 5.74) is 0. The smallest absolute Gasteiger partial charge is 0.117 e. The molecular formula is C10H18O. The predicted molar refractivity (Wildman–Crippen MR) is 48.4 cm³/mol. The van der Waals surface area contributed by atoms with E-state index in [0.29, 0.717) is 0 Å². The van der Waals surface area contributed by atoms with E-state index >= 15 is 0 Å². The molecule has 0 amide bonds. The normalized spacial score (nSPS) is 12.5. The molecule has 0 bridgehead atoms. The van der Waals surface area contributed by atoms with Crippen molar-refractivity contribution in [1.29, 1.82) is 0 Å². The second-order valence-electron chi connectivity index (χ2n) is 2.67. The van der Waals surface area contributed by atoms with Gasteiger partial charge in [-0.3, -0.25) is 0 Å². The molecule has 0 aliphatic rings. The Hall–Kier alpha value is -0.480. The van der Waals surface area contributed by atoms with Crippen LogP contribution in [0.3, 0.4) is 0 Å². The molecule has 0 aromatic rings. The summed E-state index contributed by atoms with van der Waals surface area (Å²) in [6, 6.07) is 0. The van der Waals surface area contributed by atoms with E-state index < -0.39 is 0 Å². The molecule has 0 aromatic carbocycles. The molecule has 0 saturated heterocycles. The van der Waals surface area contributed by atoms with Crippen LogP contribution in [0.2, 0.25) is 0 Å². The highest BCUT2D eigenvalue weighted by Crippen LogP contribution is 2.01. The second-order valence-corrected chi connectivity index (χ2v) is 2.67. The highest BCUT2D eigenvalue weighted by atomic mass is 16.5. The maximum Gasteiger partial charge on any atom is 0.117 e. The first-order valence-electron chi connectivity index (χ1n) is 4.42. The third-order valence-corrected chi connectivity index (χ3v) is 1.55. The van der Waals surface area contributed by atoms with E-state index in [1.807, 2.05) is 0 Å². The summed E-state index contributed by atoms with van der Waals surface area (Å²) in [7, 11) is 0. The molecular weight excluding hydrogens is 136 g/mol. The Morgan fingerprint density at radius 2 is 2.09 bits per heavy atom. The first kappa shape index (κ1) is 10.5. The minimum atomic E-state index is 0.0477. The molecule has 0 rings (SSSR count). The molecule has 0 spiro atoms. The summed E-state index contributed by atoms with van der Waals surface area (Å²) < 4.78 is 5.44. The number of rotatable bonds is 6. The Morgan fingerprint density at radius 1 is 1.36 bits per heavy atom. The highest BCUT2D eigenvalue weighted by Gasteiger charge is 2.01. The standard InChI is InChI=1S/C10H18O/c1-4-7-9-11-10(6-3)8-5-2/h3,10H,4-5,7-9H2,1-2H3. The number of unbranched alkanes of at least 4 members (excludes halogenated alkanes) is 1. The lowest BCUT2D eigenvalue weighted by molar-refractivity contribution is 0.0831. The molecule has 0 N–H and O–H groups in total. The van der Waals surface area contributed by atoms with Crippen LogP contribution in [0, 0.1) is 12.3 Å². The molecule has 1 atom stereocenters. The Bertz CT molecular complexity index is 113. The van der Waals surface area contributed by atoms with Crippen molar-refractivity contribution in [2.75, 3.05) is 6.61 Å². The number of hydrogen-bond donors (Lipinski definition) is 0. The van der Waals surface area contributed by atoms with Crippen LogP contribution < -0.4 is 0 Å². The van der Waals surface area contributed by atoms with E-state index in [2.05, 4.69) is 19.8 Å². The molecule has 0 aliphatic carbocycles. The van der Waals surface area contributed by atoms with Crippen molar-refractivity contribution < 1.29 is 4.74 Å². The fourth-order valence-electron chi connectivity index (χ4n) is 0.847. The van der Waals surface area contributed by atoms with Crippen LogP contribution >= 0.6 is 0 Å². The van der Waals surface area contributed by atoms with Crippen LogP contribution in [-0.2, 0) is 4.74 Å². The molecule has 64 valence electrons. The largest absolute Gasteiger partial charge is 0.366 e. The van der Waals surface area contributed by atoms with Gasteiger partial charge in [-0.2, -0.15) is 0 Å². The maximum absolute atomic E-state index is 5.44. The molecule has 0 aliphatic heterocycles. The molecule has 0 aromatic heterocycles. The van der Waals surface area contributed by atoms with Crippen LogP contribution in [0.4, 0.5) is 0 Å². The zero-order valence-corrected chi connectivity index (χ0v) is 7.60. The van der Waals surface area contributed by atoms with Crippen molar-refractivity contribution in [3.8, 4) is 12.3 Å². The topological polar surface area (TPSA) is 9.23 Å². The minimum Gasteiger partial charge on any atom is -0.366 e. The van der Waals surface area contributed by atoms with E-state index in [4.69, 9.17) is 11.2 Å². The highest BCUT2D eigenvalue weighted by molar-refractivity contribution is 4.94. The van der Waals surface area contributed by atoms with Gasteiger partial charge in [-0.25, -0.2) is 0 Å². The average Bonchev–Trinajstić information content (AvgIpc) is 2.03. The zero-order chi connectivity index (χ0) is 8.53. The molecule has 1 heteroatoms. The first-order chi connectivity index (χ1) is 5.35. The van der Waals surface area contributed by atoms with Gasteiger partial charge >= 0.3 is 0 Å². The minimum absolute atomic E-state index is 0.0477. The Kier molecular flexibility index (Phi) is 7.29. The van der Waals surface area contributed by atoms with Crippen LogP contribution in [-0.4, -0.2) is 12.7 Å². The predicted octanol–water partition coefficient (Wildman–Crippen LogP) is 2.61. The van der Waals surface area contributed by atoms with Gasteiger partial charge in [0.1, 0.15) is 6.10 Å². The second kappa shape index (κ2) is 7.63. The van der Waals surface area contributed by atoms with Gasteiger partial charge < -0.3 is 4.74 Å². The summed E-state index contributed by atoms with van der Waals surface area (Å²) in [6.45, 7) is 5.08. The number of hydrogen-bond acceptors (Lipinski definition) is 1. The third kappa shape index (κ3) is 5.94. The summed E-state index contributed by atoms with van der Waals surface area (Å²) in [5.74, 6) is 2.64. The van der Waals surface area contributed by atoms with Gasteiger partial charge in [-0.15, -0.1) is 6.42 Å². The number of terminal acetylenes is 1. The SMILES string of the molecule is C#CC(CCC)OCCCC. The van der Waals surface area contributed by atoms with Crippen molar-refractivity contribution in [1.82, 2.24) is 0 Å². The maximum atomic E-state index is 5.44. The van der Waals surface area contributed by atoms with Crippen LogP contribution in [0.15, 0.2) is 0 Å². The van der Waals surface area contributed by atoms with Gasteiger partial charge in [-0.1, -0.05) is 32.6 Å². The van der Waals surface area contributed by atoms with E-state index in [1.165, 1.54) is 6.42 Å². The number of ether oxygens (including phenoxy) is 1. The molecule has 1 unspecified atom stereocenters. The van der Waals surface area contributed by atoms with Crippen LogP contribution in [0.25, 0.3) is 0 Å². The quantitative estimate of drug-likeness (QED) is 0.422. The first-order valence-corrected chi connectivity index (χ1v) is 4.42. The molecule has 0 fully saturated rings. The van der Waals surface area contributed by atoms with Gasteiger partial charge in [0, 0.05) is 6.61 Å². The van der Waals surface area contributed by atoms with Crippen molar-refractivity contribution in [2.45, 2.75) is 45.6 Å². The van der Waals surface area contributed by atoms with Gasteiger partial charge in [0.15, 0.2) is 0 Å². The fourth-order valence-corrected chi connectivity index (χ4v) is 0.847. The van der Waals surface area contributed by atoms with Crippen LogP contribution in [0.1, 0.15) is 39.5 Å². The molecule has 0 saturated carbocycles. The summed E-state index contributed by atoms with van der Waals surface area (Å²) in [5, 5.41) is 0. The zero-order valence-electron chi connectivity index (χ0n) is 7.60. The van der Waals surface area contributed by atoms with E-state index in [1.54, 1.807) is 0 Å². The van der Waals surface area contributed by atoms with Crippen molar-refractivity contribution >= 4 is 0 Å². The lowest BCUT2D eigenvalue weighted by Gasteiger charge is -2.09. The van der Waals surface area contributed by atoms with Gasteiger partial charge in [0.25, 0.3) is 0 Å². The molecule has 1 nitrogen and oxygen atoms in total. The van der Waals surface area contributed by atoms with Gasteiger partial charge in [0.05, 0.1) is 0 Å². The Labute approximate surface area is 70.1 Å². The van der Waals surface area contributed by atoms with Crippen LogP contribution in [0.5, 0.6) is 0 Å². The van der Waals surface area contributed by atoms with E-state index in [-0.39, 0.29) is 6.10 Å². The summed E-state index contributed by atoms with van der Waals surface area (Å²) >= 11 is 0. The Balaban J connectivity index is 3.30. The lowest BCUT2D eigenvalue weighted by atomic mass is 10.2. The Morgan fingerprint density at radius 3 is 2.55 bits per heavy atom. The summed E-state index contributed by atoms with van der Waals surface area (Å²) in [6.07, 6.45) is 9.68. The lowest BCUT2D eigenvalue weighted by Crippen LogP contribution is -2.10. The fraction of sp³-hybridized carbons (Fsp3) is 0.800. The average molecular weight is 154 g/mol. The van der Waals surface area contributed by atoms with Crippen molar-refractivity contribution in [3.05, 3.63) is 0 Å². The van der Waals surface area contributed by atoms with Crippen molar-refractivity contribution in [2.24, 2.45) is 0 Å². The summed E-state index contributed by atoms with van der Waals surface area (Å²) in [4.78, 5) is 0. The van der Waals surface area contributed by atoms with Gasteiger partial charge in [-0.05, 0) is 12.8 Å². The molecule has 11 heavy (non-hydrogen) atoms. The molecule has 0 heterocycles.